The lowest BCUT2D eigenvalue weighted by Crippen LogP contribution is -2.26. The summed E-state index contributed by atoms with van der Waals surface area (Å²) < 4.78 is 5.94. The first kappa shape index (κ1) is 16.1. The number of hydrogen-bond donors (Lipinski definition) is 2. The van der Waals surface area contributed by atoms with Gasteiger partial charge in [-0.25, -0.2) is 4.79 Å². The summed E-state index contributed by atoms with van der Waals surface area (Å²) in [5, 5.41) is 11.8. The van der Waals surface area contributed by atoms with Crippen LogP contribution in [0.15, 0.2) is 48.5 Å². The van der Waals surface area contributed by atoms with E-state index in [0.717, 1.165) is 24.2 Å². The highest BCUT2D eigenvalue weighted by Gasteiger charge is 2.20. The van der Waals surface area contributed by atoms with Gasteiger partial charge in [-0.15, -0.1) is 0 Å². The Morgan fingerprint density at radius 1 is 1.08 bits per heavy atom. The van der Waals surface area contributed by atoms with Gasteiger partial charge in [-0.3, -0.25) is 4.79 Å². The van der Waals surface area contributed by atoms with Crippen LogP contribution in [-0.4, -0.2) is 23.1 Å². The molecule has 1 aliphatic carbocycles. The molecular weight excluding hydrogens is 306 g/mol. The number of para-hydroxylation sites is 1. The Labute approximate surface area is 140 Å². The van der Waals surface area contributed by atoms with Crippen LogP contribution < -0.4 is 10.1 Å². The van der Waals surface area contributed by atoms with E-state index in [4.69, 9.17) is 9.84 Å². The Morgan fingerprint density at radius 3 is 2.54 bits per heavy atom. The highest BCUT2D eigenvalue weighted by Crippen LogP contribution is 2.27. The monoisotopic (exact) mass is 325 g/mol. The van der Waals surface area contributed by atoms with Crippen LogP contribution in [0.5, 0.6) is 5.75 Å². The molecule has 2 aromatic rings. The average molecular weight is 325 g/mol. The van der Waals surface area contributed by atoms with E-state index in [9.17, 15) is 9.59 Å². The topological polar surface area (TPSA) is 75.6 Å². The average Bonchev–Trinajstić information content (AvgIpc) is 2.57. The molecule has 1 amide bonds. The fourth-order valence-corrected chi connectivity index (χ4v) is 2.50. The third-order valence-corrected chi connectivity index (χ3v) is 4.13. The van der Waals surface area contributed by atoms with Gasteiger partial charge in [0.1, 0.15) is 5.75 Å². The quantitative estimate of drug-likeness (QED) is 0.855. The van der Waals surface area contributed by atoms with Crippen molar-refractivity contribution in [1.82, 2.24) is 5.32 Å². The minimum Gasteiger partial charge on any atom is -0.490 e. The SMILES string of the molecule is O=C(O)c1cccc(C(=O)NCc2ccccc2OC2CCC2)c1. The van der Waals surface area contributed by atoms with E-state index >= 15 is 0 Å². The zero-order valence-electron chi connectivity index (χ0n) is 13.2. The van der Waals surface area contributed by atoms with Crippen LogP contribution in [0.25, 0.3) is 0 Å². The summed E-state index contributed by atoms with van der Waals surface area (Å²) in [7, 11) is 0. The van der Waals surface area contributed by atoms with Crippen LogP contribution in [-0.2, 0) is 6.54 Å². The van der Waals surface area contributed by atoms with Crippen LogP contribution in [0.1, 0.15) is 45.5 Å². The maximum Gasteiger partial charge on any atom is 0.335 e. The molecule has 0 heterocycles. The van der Waals surface area contributed by atoms with E-state index in [-0.39, 0.29) is 17.6 Å². The predicted octanol–water partition coefficient (Wildman–Crippen LogP) is 3.25. The van der Waals surface area contributed by atoms with Crippen LogP contribution in [0.3, 0.4) is 0 Å². The summed E-state index contributed by atoms with van der Waals surface area (Å²) in [5.41, 5.74) is 1.33. The van der Waals surface area contributed by atoms with Gasteiger partial charge in [0.05, 0.1) is 11.7 Å². The van der Waals surface area contributed by atoms with Crippen LogP contribution in [0.4, 0.5) is 0 Å². The molecule has 0 aromatic heterocycles. The molecule has 0 atom stereocenters. The summed E-state index contributed by atoms with van der Waals surface area (Å²) in [4.78, 5) is 23.2. The maximum absolute atomic E-state index is 12.2. The fraction of sp³-hybridized carbons (Fsp3) is 0.263. The number of rotatable bonds is 6. The predicted molar refractivity (Wildman–Crippen MR) is 89.3 cm³/mol. The smallest absolute Gasteiger partial charge is 0.335 e. The zero-order chi connectivity index (χ0) is 16.9. The summed E-state index contributed by atoms with van der Waals surface area (Å²) in [6.45, 7) is 0.332. The van der Waals surface area contributed by atoms with Crippen LogP contribution >= 0.6 is 0 Å². The molecule has 1 fully saturated rings. The van der Waals surface area contributed by atoms with Crippen molar-refractivity contribution >= 4 is 11.9 Å². The van der Waals surface area contributed by atoms with Gasteiger partial charge < -0.3 is 15.2 Å². The second kappa shape index (κ2) is 7.17. The number of carboxylic acids is 1. The highest BCUT2D eigenvalue weighted by atomic mass is 16.5. The lowest BCUT2D eigenvalue weighted by atomic mass is 9.96. The van der Waals surface area contributed by atoms with Gasteiger partial charge in [0.15, 0.2) is 0 Å². The van der Waals surface area contributed by atoms with Crippen molar-refractivity contribution in [2.24, 2.45) is 0 Å². The van der Waals surface area contributed by atoms with Crippen molar-refractivity contribution in [2.75, 3.05) is 0 Å². The molecule has 0 saturated heterocycles. The third-order valence-electron chi connectivity index (χ3n) is 4.13. The van der Waals surface area contributed by atoms with E-state index in [0.29, 0.717) is 12.1 Å². The number of nitrogens with one attached hydrogen (secondary N) is 1. The van der Waals surface area contributed by atoms with Gasteiger partial charge in [-0.05, 0) is 43.5 Å². The molecule has 5 nitrogen and oxygen atoms in total. The second-order valence-corrected chi connectivity index (χ2v) is 5.85. The molecule has 124 valence electrons. The first-order chi connectivity index (χ1) is 11.6. The van der Waals surface area contributed by atoms with E-state index in [1.165, 1.54) is 18.6 Å². The third kappa shape index (κ3) is 3.74. The molecule has 24 heavy (non-hydrogen) atoms. The molecule has 0 aliphatic heterocycles. The van der Waals surface area contributed by atoms with Crippen molar-refractivity contribution in [2.45, 2.75) is 31.9 Å². The molecule has 0 spiro atoms. The maximum atomic E-state index is 12.2. The molecule has 5 heteroatoms. The lowest BCUT2D eigenvalue weighted by Gasteiger charge is -2.27. The van der Waals surface area contributed by atoms with Crippen LogP contribution in [0.2, 0.25) is 0 Å². The van der Waals surface area contributed by atoms with Gasteiger partial charge in [0.2, 0.25) is 0 Å². The molecule has 1 saturated carbocycles. The van der Waals surface area contributed by atoms with Gasteiger partial charge >= 0.3 is 5.97 Å². The van der Waals surface area contributed by atoms with Crippen molar-refractivity contribution in [1.29, 1.82) is 0 Å². The Morgan fingerprint density at radius 2 is 1.83 bits per heavy atom. The molecule has 0 unspecified atom stereocenters. The Hall–Kier alpha value is -2.82. The second-order valence-electron chi connectivity index (χ2n) is 5.85. The van der Waals surface area contributed by atoms with Crippen LogP contribution in [0, 0.1) is 0 Å². The largest absolute Gasteiger partial charge is 0.490 e. The number of aromatic carboxylic acids is 1. The molecular formula is C19H19NO4. The van der Waals surface area contributed by atoms with Gasteiger partial charge in [-0.2, -0.15) is 0 Å². The minimum atomic E-state index is -1.05. The molecule has 2 aromatic carbocycles. The van der Waals surface area contributed by atoms with Gasteiger partial charge in [0.25, 0.3) is 5.91 Å². The number of ether oxygens (including phenoxy) is 1. The van der Waals surface area contributed by atoms with Crippen molar-refractivity contribution in [3.05, 3.63) is 65.2 Å². The molecule has 0 radical (unpaired) electrons. The van der Waals surface area contributed by atoms with Crippen molar-refractivity contribution in [3.8, 4) is 5.75 Å². The summed E-state index contributed by atoms with van der Waals surface area (Å²) in [5.74, 6) is -0.567. The summed E-state index contributed by atoms with van der Waals surface area (Å²) in [6.07, 6.45) is 3.61. The standard InChI is InChI=1S/C19H19NO4/c21-18(13-6-3-7-14(11-13)19(22)23)20-12-15-5-1-2-10-17(15)24-16-8-4-9-16/h1-3,5-7,10-11,16H,4,8-9,12H2,(H,20,21)(H,22,23). The van der Waals surface area contributed by atoms with E-state index < -0.39 is 5.97 Å². The Bertz CT molecular complexity index is 753. The Kier molecular flexibility index (Phi) is 4.79. The van der Waals surface area contributed by atoms with E-state index in [1.807, 2.05) is 24.3 Å². The molecule has 1 aliphatic rings. The van der Waals surface area contributed by atoms with Crippen molar-refractivity contribution < 1.29 is 19.4 Å². The first-order valence-electron chi connectivity index (χ1n) is 7.99. The zero-order valence-corrected chi connectivity index (χ0v) is 13.2. The number of carbonyl (C=O) groups is 2. The summed E-state index contributed by atoms with van der Waals surface area (Å²) >= 11 is 0. The number of carbonyl (C=O) groups excluding carboxylic acids is 1. The van der Waals surface area contributed by atoms with Gasteiger partial charge in [-0.1, -0.05) is 24.3 Å². The highest BCUT2D eigenvalue weighted by molar-refractivity contribution is 5.97. The normalized spacial score (nSPS) is 13.8. The lowest BCUT2D eigenvalue weighted by molar-refractivity contribution is 0.0697. The number of carboxylic acid groups (broad SMARTS) is 1. The molecule has 2 N–H and O–H groups in total. The van der Waals surface area contributed by atoms with Gasteiger partial charge in [0, 0.05) is 17.7 Å². The number of amides is 1. The fourth-order valence-electron chi connectivity index (χ4n) is 2.50. The summed E-state index contributed by atoms with van der Waals surface area (Å²) in [6, 6.07) is 13.6. The number of benzene rings is 2. The first-order valence-corrected chi connectivity index (χ1v) is 7.99. The van der Waals surface area contributed by atoms with E-state index in [2.05, 4.69) is 5.32 Å². The molecule has 0 bridgehead atoms. The molecule has 3 rings (SSSR count). The Balaban J connectivity index is 1.66. The minimum absolute atomic E-state index is 0.0939. The van der Waals surface area contributed by atoms with E-state index in [1.54, 1.807) is 12.1 Å². The number of hydrogen-bond acceptors (Lipinski definition) is 3. The van der Waals surface area contributed by atoms with Crippen molar-refractivity contribution in [3.63, 3.8) is 0 Å².